The van der Waals surface area contributed by atoms with Crippen LogP contribution in [-0.2, 0) is 71.1 Å². The van der Waals surface area contributed by atoms with Crippen molar-refractivity contribution in [3.8, 4) is 0 Å². The normalized spacial score (nSPS) is 42.6. The van der Waals surface area contributed by atoms with Gasteiger partial charge in [-0.1, -0.05) is 120 Å². The van der Waals surface area contributed by atoms with Crippen molar-refractivity contribution in [1.82, 2.24) is 0 Å². The van der Waals surface area contributed by atoms with Crippen molar-refractivity contribution in [3.05, 3.63) is 47.6 Å². The number of aliphatic hydroxyl groups excluding tert-OH is 1. The predicted molar refractivity (Wildman–Crippen MR) is 396 cm³/mol. The van der Waals surface area contributed by atoms with Gasteiger partial charge in [0.25, 0.3) is 0 Å². The van der Waals surface area contributed by atoms with E-state index in [0.717, 1.165) is 89.0 Å². The first-order valence-electron chi connectivity index (χ1n) is 39.9. The second-order valence-corrected chi connectivity index (χ2v) is 34.4. The van der Waals surface area contributed by atoms with Crippen molar-refractivity contribution >= 4 is 5.97 Å². The standard InChI is InChI=1S/C84H146O16/c1-49-31-33-53(5)81(85)95-79(59(11)57(9)51(3)35-37-69-43-71(87-21)41-55(7)91-69)63(15)77-48-76(98-84(19,20)99-77)62(14)74(90-24)46-68-30-26-28-66(94-68)40-50(2)32-34-54(6)82(86)96-80(60(12)58(10)52(4)36-38-70-44-72(88-22)42-56(8)92-70)64(16)78-47-75(97-83(17,18)100-78)61(13)73(89-23)45-67-29-25-27-65(39-49)93-67/h25-28,33-34,49-52,55-81,85H,29-32,35-48H2,1-24H3/b53-33+,54-34+. The molecule has 16 heteroatoms. The van der Waals surface area contributed by atoms with Crippen LogP contribution in [0.1, 0.15) is 254 Å². The second-order valence-electron chi connectivity index (χ2n) is 34.4. The van der Waals surface area contributed by atoms with Gasteiger partial charge in [-0.15, -0.1) is 0 Å². The number of methoxy groups -OCH3 is 4. The van der Waals surface area contributed by atoms with E-state index in [1.807, 2.05) is 70.0 Å². The van der Waals surface area contributed by atoms with Crippen molar-refractivity contribution in [1.29, 1.82) is 0 Å². The monoisotopic (exact) mass is 1410 g/mol. The topological polar surface area (TPSA) is 167 Å². The molecule has 4 saturated heterocycles. The van der Waals surface area contributed by atoms with Gasteiger partial charge in [-0.25, -0.2) is 4.79 Å². The van der Waals surface area contributed by atoms with Gasteiger partial charge in [0.05, 0.1) is 104 Å². The first kappa shape index (κ1) is 85.1. The highest BCUT2D eigenvalue weighted by atomic mass is 16.7. The Balaban J connectivity index is 1.14. The minimum Gasteiger partial charge on any atom is -0.458 e. The molecular formula is C84H146O16. The highest BCUT2D eigenvalue weighted by Gasteiger charge is 2.49. The molecule has 0 aromatic heterocycles. The minimum absolute atomic E-state index is 0.00175. The molecule has 7 heterocycles. The lowest BCUT2D eigenvalue weighted by Crippen LogP contribution is -2.53. The summed E-state index contributed by atoms with van der Waals surface area (Å²) in [7, 11) is 7.25. The smallest absolute Gasteiger partial charge is 0.333 e. The second kappa shape index (κ2) is 39.6. The summed E-state index contributed by atoms with van der Waals surface area (Å²) >= 11 is 0. The number of aliphatic hydroxyl groups is 1. The van der Waals surface area contributed by atoms with E-state index < -0.39 is 24.0 Å². The molecule has 7 aliphatic rings. The molecule has 578 valence electrons. The van der Waals surface area contributed by atoms with Gasteiger partial charge in [0.2, 0.25) is 0 Å². The molecule has 31 unspecified atom stereocenters. The van der Waals surface area contributed by atoms with Gasteiger partial charge in [-0.05, 0) is 198 Å². The fraction of sp³-hybridized carbons (Fsp3) is 0.893. The Hall–Kier alpha value is -2.13. The summed E-state index contributed by atoms with van der Waals surface area (Å²) in [5.41, 5.74) is 1.41. The lowest BCUT2D eigenvalue weighted by atomic mass is 9.74. The molecule has 1 N–H and O–H groups in total. The lowest BCUT2D eigenvalue weighted by Gasteiger charge is -2.48. The zero-order valence-electron chi connectivity index (χ0n) is 67.2. The highest BCUT2D eigenvalue weighted by Crippen LogP contribution is 2.45. The largest absolute Gasteiger partial charge is 0.458 e. The Bertz CT molecular complexity index is 2530. The van der Waals surface area contributed by atoms with Crippen molar-refractivity contribution in [3.63, 3.8) is 0 Å². The number of hydrogen-bond acceptors (Lipinski definition) is 16. The molecule has 0 radical (unpaired) electrons. The van der Waals surface area contributed by atoms with Gasteiger partial charge in [0.1, 0.15) is 6.10 Å². The summed E-state index contributed by atoms with van der Waals surface area (Å²) in [6.45, 7) is 43.7. The Morgan fingerprint density at radius 2 is 0.880 bits per heavy atom. The molecular weight excluding hydrogens is 1260 g/mol. The van der Waals surface area contributed by atoms with E-state index >= 15 is 0 Å². The Morgan fingerprint density at radius 1 is 0.480 bits per heavy atom. The van der Waals surface area contributed by atoms with E-state index in [4.69, 9.17) is 66.3 Å². The molecule has 0 aromatic rings. The number of ether oxygens (including phenoxy) is 14. The van der Waals surface area contributed by atoms with Crippen LogP contribution in [0, 0.1) is 71.0 Å². The van der Waals surface area contributed by atoms with Gasteiger partial charge in [-0.3, -0.25) is 0 Å². The van der Waals surface area contributed by atoms with E-state index in [1.54, 1.807) is 0 Å². The minimum atomic E-state index is -1.11. The number of hydrogen-bond donors (Lipinski definition) is 1. The summed E-state index contributed by atoms with van der Waals surface area (Å²) in [6, 6.07) is 0. The Kier molecular flexibility index (Phi) is 33.7. The number of carbonyl (C=O) groups excluding carboxylic acids is 1. The van der Waals surface area contributed by atoms with Crippen LogP contribution in [-0.4, -0.2) is 167 Å². The van der Waals surface area contributed by atoms with E-state index in [9.17, 15) is 9.90 Å². The van der Waals surface area contributed by atoms with Crippen LogP contribution in [0.2, 0.25) is 0 Å². The van der Waals surface area contributed by atoms with Crippen LogP contribution in [0.4, 0.5) is 0 Å². The van der Waals surface area contributed by atoms with Crippen LogP contribution in [0.25, 0.3) is 0 Å². The first-order chi connectivity index (χ1) is 47.2. The summed E-state index contributed by atoms with van der Waals surface area (Å²) in [6.07, 6.45) is 25.9. The van der Waals surface area contributed by atoms with E-state index in [-0.39, 0.29) is 169 Å². The van der Waals surface area contributed by atoms with Crippen LogP contribution in [0.15, 0.2) is 47.6 Å². The van der Waals surface area contributed by atoms with E-state index in [2.05, 4.69) is 133 Å². The van der Waals surface area contributed by atoms with Crippen molar-refractivity contribution < 1.29 is 76.2 Å². The third-order valence-corrected chi connectivity index (χ3v) is 25.4. The summed E-state index contributed by atoms with van der Waals surface area (Å²) in [5.74, 6) is -0.638. The van der Waals surface area contributed by atoms with Crippen LogP contribution < -0.4 is 0 Å². The molecule has 4 fully saturated rings. The molecule has 7 aliphatic heterocycles. The lowest BCUT2D eigenvalue weighted by molar-refractivity contribution is -0.326. The third-order valence-electron chi connectivity index (χ3n) is 25.4. The summed E-state index contributed by atoms with van der Waals surface area (Å²) in [5, 5.41) is 12.3. The van der Waals surface area contributed by atoms with E-state index in [0.29, 0.717) is 49.5 Å². The van der Waals surface area contributed by atoms with Crippen LogP contribution in [0.3, 0.4) is 0 Å². The number of carbonyl (C=O) groups is 1. The van der Waals surface area contributed by atoms with Crippen LogP contribution in [0.5, 0.6) is 0 Å². The van der Waals surface area contributed by atoms with Crippen molar-refractivity contribution in [2.45, 2.75) is 382 Å². The van der Waals surface area contributed by atoms with Crippen molar-refractivity contribution in [2.75, 3.05) is 28.4 Å². The molecule has 0 spiro atoms. The number of rotatable bonds is 16. The van der Waals surface area contributed by atoms with Gasteiger partial charge in [0, 0.05) is 83.4 Å². The zero-order valence-corrected chi connectivity index (χ0v) is 67.2. The molecule has 100 heavy (non-hydrogen) atoms. The van der Waals surface area contributed by atoms with Gasteiger partial charge in [0.15, 0.2) is 17.9 Å². The molecule has 0 aromatic carbocycles. The fourth-order valence-corrected chi connectivity index (χ4v) is 18.0. The Morgan fingerprint density at radius 3 is 1.30 bits per heavy atom. The van der Waals surface area contributed by atoms with E-state index in [1.165, 1.54) is 0 Å². The molecule has 0 saturated carbocycles. The summed E-state index contributed by atoms with van der Waals surface area (Å²) < 4.78 is 93.1. The molecule has 7 rings (SSSR count). The molecule has 16 nitrogen and oxygen atoms in total. The van der Waals surface area contributed by atoms with Crippen molar-refractivity contribution in [2.24, 2.45) is 71.0 Å². The molecule has 0 aliphatic carbocycles. The maximum Gasteiger partial charge on any atom is 0.333 e. The third kappa shape index (κ3) is 25.0. The number of allylic oxidation sites excluding steroid dienone is 2. The van der Waals surface area contributed by atoms with Crippen LogP contribution >= 0.6 is 0 Å². The average Bonchev–Trinajstić information content (AvgIpc) is 0.795. The van der Waals surface area contributed by atoms with Gasteiger partial charge >= 0.3 is 5.97 Å². The predicted octanol–water partition coefficient (Wildman–Crippen LogP) is 17.5. The quantitative estimate of drug-likeness (QED) is 0.114. The number of esters is 1. The van der Waals surface area contributed by atoms with Gasteiger partial charge < -0.3 is 71.4 Å². The Labute approximate surface area is 608 Å². The maximum absolute atomic E-state index is 14.7. The number of fused-ring (bicyclic) bond motifs is 8. The molecule has 0 amide bonds. The first-order valence-corrected chi connectivity index (χ1v) is 39.9. The van der Waals surface area contributed by atoms with Gasteiger partial charge in [-0.2, -0.15) is 0 Å². The number of cyclic esters (lactones) is 1. The highest BCUT2D eigenvalue weighted by molar-refractivity contribution is 5.87. The molecule has 31 atom stereocenters. The zero-order chi connectivity index (χ0) is 73.5. The average molecular weight is 1410 g/mol. The maximum atomic E-state index is 14.7. The fourth-order valence-electron chi connectivity index (χ4n) is 18.0. The molecule has 8 bridgehead atoms. The SMILES string of the molecule is COC1CC(C)OC(CCC(C)C(C)C(C)C2OC(=O)/C(C)=C/CC(C)CC3C=CCC(CC(OC)C(C)C4CC(OC(C)(C)O4)C(C)C(C(C)C(C)C(C)CCC4CC(OC)CC(C)O4)OC(O)/C(C)=C/CC(C)CC4C=CCC(CC(OC)C(C)C5CC(OC(C)(C)O5)C2C)O4)O3)C1. The summed E-state index contributed by atoms with van der Waals surface area (Å²) in [4.78, 5) is 14.7.